The van der Waals surface area contributed by atoms with Crippen LogP contribution < -0.4 is 10.6 Å². The maximum absolute atomic E-state index is 10.8. The predicted molar refractivity (Wildman–Crippen MR) is 76.6 cm³/mol. The lowest BCUT2D eigenvalue weighted by Gasteiger charge is -2.29. The van der Waals surface area contributed by atoms with E-state index in [-0.39, 0.29) is 11.4 Å². The molecule has 3 rings (SSSR count). The van der Waals surface area contributed by atoms with Gasteiger partial charge in [0.05, 0.1) is 4.92 Å². The summed E-state index contributed by atoms with van der Waals surface area (Å²) in [5.74, 6) is 0. The van der Waals surface area contributed by atoms with Crippen LogP contribution in [0.15, 0.2) is 29.6 Å². The van der Waals surface area contributed by atoms with Gasteiger partial charge in [0.2, 0.25) is 0 Å². The number of thiophene rings is 1. The third-order valence-corrected chi connectivity index (χ3v) is 4.40. The van der Waals surface area contributed by atoms with Crippen molar-refractivity contribution in [2.75, 3.05) is 17.2 Å². The van der Waals surface area contributed by atoms with Crippen molar-refractivity contribution < 1.29 is 4.92 Å². The SMILES string of the molecule is Nc1cc(N2CCc3sccc3C2)ccc1[N+](=O)[O-]. The predicted octanol–water partition coefficient (Wildman–Crippen LogP) is 2.80. The van der Waals surface area contributed by atoms with Crippen molar-refractivity contribution in [1.29, 1.82) is 0 Å². The van der Waals surface area contributed by atoms with Crippen LogP contribution in [0.5, 0.6) is 0 Å². The van der Waals surface area contributed by atoms with Crippen LogP contribution in [-0.4, -0.2) is 11.5 Å². The van der Waals surface area contributed by atoms with Gasteiger partial charge < -0.3 is 10.6 Å². The summed E-state index contributed by atoms with van der Waals surface area (Å²) in [5.41, 5.74) is 8.21. The van der Waals surface area contributed by atoms with E-state index in [1.165, 1.54) is 16.5 Å². The summed E-state index contributed by atoms with van der Waals surface area (Å²) in [6.45, 7) is 1.76. The lowest BCUT2D eigenvalue weighted by molar-refractivity contribution is -0.383. The zero-order valence-corrected chi connectivity index (χ0v) is 11.0. The minimum absolute atomic E-state index is 0.0306. The smallest absolute Gasteiger partial charge is 0.292 e. The highest BCUT2D eigenvalue weighted by Crippen LogP contribution is 2.31. The van der Waals surface area contributed by atoms with Gasteiger partial charge in [0.25, 0.3) is 5.69 Å². The maximum atomic E-state index is 10.8. The average molecular weight is 275 g/mol. The van der Waals surface area contributed by atoms with Crippen LogP contribution in [0.1, 0.15) is 10.4 Å². The molecule has 1 aromatic heterocycles. The first-order valence-electron chi connectivity index (χ1n) is 5.99. The van der Waals surface area contributed by atoms with Crippen molar-refractivity contribution in [3.8, 4) is 0 Å². The first-order valence-corrected chi connectivity index (χ1v) is 6.87. The summed E-state index contributed by atoms with van der Waals surface area (Å²) in [7, 11) is 0. The van der Waals surface area contributed by atoms with Crippen LogP contribution in [0.3, 0.4) is 0 Å². The molecule has 0 aliphatic carbocycles. The van der Waals surface area contributed by atoms with Crippen LogP contribution >= 0.6 is 11.3 Å². The number of anilines is 2. The summed E-state index contributed by atoms with van der Waals surface area (Å²) in [6.07, 6.45) is 1.02. The zero-order chi connectivity index (χ0) is 13.4. The summed E-state index contributed by atoms with van der Waals surface area (Å²) in [5, 5.41) is 12.9. The third-order valence-electron chi connectivity index (χ3n) is 3.38. The Labute approximate surface area is 114 Å². The number of nitro groups is 1. The van der Waals surface area contributed by atoms with Crippen LogP contribution in [-0.2, 0) is 13.0 Å². The summed E-state index contributed by atoms with van der Waals surface area (Å²) < 4.78 is 0. The van der Waals surface area contributed by atoms with Crippen LogP contribution in [0.4, 0.5) is 17.1 Å². The number of fused-ring (bicyclic) bond motifs is 1. The number of nitro benzene ring substituents is 1. The molecule has 2 aromatic rings. The van der Waals surface area contributed by atoms with E-state index in [1.807, 2.05) is 0 Å². The van der Waals surface area contributed by atoms with Gasteiger partial charge in [-0.1, -0.05) is 0 Å². The highest BCUT2D eigenvalue weighted by Gasteiger charge is 2.19. The molecule has 0 amide bonds. The molecule has 1 aromatic carbocycles. The molecule has 0 spiro atoms. The molecule has 2 N–H and O–H groups in total. The number of nitrogen functional groups attached to an aromatic ring is 1. The Kier molecular flexibility index (Phi) is 2.87. The van der Waals surface area contributed by atoms with Gasteiger partial charge in [-0.15, -0.1) is 11.3 Å². The monoisotopic (exact) mass is 275 g/mol. The van der Waals surface area contributed by atoms with Crippen molar-refractivity contribution in [3.63, 3.8) is 0 Å². The van der Waals surface area contributed by atoms with E-state index >= 15 is 0 Å². The summed E-state index contributed by atoms with van der Waals surface area (Å²) in [4.78, 5) is 13.9. The Bertz CT molecular complexity index is 639. The maximum Gasteiger partial charge on any atom is 0.292 e. The van der Waals surface area contributed by atoms with Crippen LogP contribution in [0.2, 0.25) is 0 Å². The van der Waals surface area contributed by atoms with Crippen molar-refractivity contribution in [2.45, 2.75) is 13.0 Å². The molecule has 98 valence electrons. The molecule has 0 radical (unpaired) electrons. The van der Waals surface area contributed by atoms with Crippen LogP contribution in [0, 0.1) is 10.1 Å². The van der Waals surface area contributed by atoms with Crippen molar-refractivity contribution in [3.05, 3.63) is 50.2 Å². The van der Waals surface area contributed by atoms with E-state index in [4.69, 9.17) is 5.73 Å². The van der Waals surface area contributed by atoms with E-state index < -0.39 is 4.92 Å². The van der Waals surface area contributed by atoms with Crippen molar-refractivity contribution >= 4 is 28.4 Å². The lowest BCUT2D eigenvalue weighted by Crippen LogP contribution is -2.29. The molecule has 6 heteroatoms. The van der Waals surface area contributed by atoms with Crippen LogP contribution in [0.25, 0.3) is 0 Å². The fourth-order valence-corrected chi connectivity index (χ4v) is 3.26. The highest BCUT2D eigenvalue weighted by atomic mass is 32.1. The molecule has 5 nitrogen and oxygen atoms in total. The minimum Gasteiger partial charge on any atom is -0.393 e. The number of benzene rings is 1. The molecule has 1 aliphatic heterocycles. The molecule has 2 heterocycles. The van der Waals surface area contributed by atoms with E-state index in [2.05, 4.69) is 16.3 Å². The molecule has 0 saturated carbocycles. The molecule has 0 unspecified atom stereocenters. The minimum atomic E-state index is -0.452. The number of hydrogen-bond donors (Lipinski definition) is 1. The summed E-state index contributed by atoms with van der Waals surface area (Å²) >= 11 is 1.79. The standard InChI is InChI=1S/C13H13N3O2S/c14-11-7-10(1-2-12(11)16(17)18)15-5-3-13-9(8-15)4-6-19-13/h1-2,4,6-7H,3,5,8,14H2. The Morgan fingerprint density at radius 3 is 2.95 bits per heavy atom. The van der Waals surface area contributed by atoms with Gasteiger partial charge in [0, 0.05) is 29.7 Å². The van der Waals surface area contributed by atoms with E-state index in [0.29, 0.717) is 0 Å². The quantitative estimate of drug-likeness (QED) is 0.519. The van der Waals surface area contributed by atoms with Gasteiger partial charge >= 0.3 is 0 Å². The topological polar surface area (TPSA) is 72.4 Å². The molecular weight excluding hydrogens is 262 g/mol. The van der Waals surface area contributed by atoms with Gasteiger partial charge in [-0.25, -0.2) is 0 Å². The second kappa shape index (κ2) is 4.55. The first-order chi connectivity index (χ1) is 9.15. The molecular formula is C13H13N3O2S. The van der Waals surface area contributed by atoms with Crippen molar-refractivity contribution in [1.82, 2.24) is 0 Å². The van der Waals surface area contributed by atoms with Gasteiger partial charge in [0.15, 0.2) is 0 Å². The average Bonchev–Trinajstić information content (AvgIpc) is 2.85. The second-order valence-corrected chi connectivity index (χ2v) is 5.54. The summed E-state index contributed by atoms with van der Waals surface area (Å²) in [6, 6.07) is 7.08. The van der Waals surface area contributed by atoms with Crippen molar-refractivity contribution in [2.24, 2.45) is 0 Å². The Morgan fingerprint density at radius 1 is 1.37 bits per heavy atom. The molecule has 1 aliphatic rings. The molecule has 19 heavy (non-hydrogen) atoms. The number of nitrogens with zero attached hydrogens (tertiary/aromatic N) is 2. The van der Waals surface area contributed by atoms with E-state index in [0.717, 1.165) is 25.2 Å². The van der Waals surface area contributed by atoms with Gasteiger partial charge in [-0.3, -0.25) is 10.1 Å². The Hall–Kier alpha value is -2.08. The van der Waals surface area contributed by atoms with Gasteiger partial charge in [-0.2, -0.15) is 0 Å². The van der Waals surface area contributed by atoms with E-state index in [9.17, 15) is 10.1 Å². The first kappa shape index (κ1) is 12.0. The zero-order valence-electron chi connectivity index (χ0n) is 10.2. The normalized spacial score (nSPS) is 14.2. The Balaban J connectivity index is 1.88. The van der Waals surface area contributed by atoms with Gasteiger partial charge in [0.1, 0.15) is 5.69 Å². The van der Waals surface area contributed by atoms with Gasteiger partial charge in [-0.05, 0) is 35.6 Å². The molecule has 0 saturated heterocycles. The molecule has 0 fully saturated rings. The third kappa shape index (κ3) is 2.15. The number of hydrogen-bond acceptors (Lipinski definition) is 5. The van der Waals surface area contributed by atoms with E-state index in [1.54, 1.807) is 23.5 Å². The lowest BCUT2D eigenvalue weighted by atomic mass is 10.1. The fraction of sp³-hybridized carbons (Fsp3) is 0.231. The highest BCUT2D eigenvalue weighted by molar-refractivity contribution is 7.10. The largest absolute Gasteiger partial charge is 0.393 e. The molecule has 0 atom stereocenters. The fourth-order valence-electron chi connectivity index (χ4n) is 2.37. The number of rotatable bonds is 2. The second-order valence-electron chi connectivity index (χ2n) is 4.54. The Morgan fingerprint density at radius 2 is 2.21 bits per heavy atom. The number of nitrogens with two attached hydrogens (primary N) is 1. The molecule has 0 bridgehead atoms.